The monoisotopic (exact) mass is 540 g/mol. The minimum atomic E-state index is -3.82. The lowest BCUT2D eigenvalue weighted by molar-refractivity contribution is -0.132. The van der Waals surface area contributed by atoms with Crippen molar-refractivity contribution in [1.29, 1.82) is 0 Å². The van der Waals surface area contributed by atoms with E-state index in [1.807, 2.05) is 35.2 Å². The molecule has 0 aromatic heterocycles. The molecule has 7 heteroatoms. The molecular formula is C27H29BrN2O3S. The number of hydrogen-bond donors (Lipinski definition) is 0. The topological polar surface area (TPSA) is 57.7 Å². The molecule has 0 saturated carbocycles. The largest absolute Gasteiger partial charge is 0.342 e. The summed E-state index contributed by atoms with van der Waals surface area (Å²) in [5.41, 5.74) is 2.15. The number of amides is 1. The minimum Gasteiger partial charge on any atom is -0.342 e. The Hall–Kier alpha value is -2.48. The molecular weight excluding hydrogens is 512 g/mol. The van der Waals surface area contributed by atoms with Crippen molar-refractivity contribution in [2.24, 2.45) is 5.92 Å². The van der Waals surface area contributed by atoms with Crippen LogP contribution in [0.15, 0.2) is 94.3 Å². The zero-order valence-corrected chi connectivity index (χ0v) is 21.4. The van der Waals surface area contributed by atoms with Gasteiger partial charge in [-0.2, -0.15) is 4.31 Å². The highest BCUT2D eigenvalue weighted by Crippen LogP contribution is 2.24. The first-order chi connectivity index (χ1) is 16.4. The lowest BCUT2D eigenvalue weighted by Gasteiger charge is -2.33. The predicted octanol–water partition coefficient (Wildman–Crippen LogP) is 5.12. The third-order valence-corrected chi connectivity index (χ3v) is 8.63. The van der Waals surface area contributed by atoms with Gasteiger partial charge in [-0.3, -0.25) is 4.79 Å². The van der Waals surface area contributed by atoms with E-state index in [0.717, 1.165) is 29.3 Å². The highest BCUT2D eigenvalue weighted by Gasteiger charge is 2.30. The maximum Gasteiger partial charge on any atom is 0.243 e. The molecule has 5 nitrogen and oxygen atoms in total. The lowest BCUT2D eigenvalue weighted by Crippen LogP contribution is -2.45. The second-order valence-electron chi connectivity index (χ2n) is 8.73. The summed E-state index contributed by atoms with van der Waals surface area (Å²) in [5, 5.41) is 0. The van der Waals surface area contributed by atoms with Crippen LogP contribution in [0.5, 0.6) is 0 Å². The summed E-state index contributed by atoms with van der Waals surface area (Å²) in [6.45, 7) is 1.29. The van der Waals surface area contributed by atoms with Crippen LogP contribution in [0.1, 0.15) is 24.0 Å². The molecule has 0 spiro atoms. The molecule has 1 saturated heterocycles. The number of sulfonamides is 1. The predicted molar refractivity (Wildman–Crippen MR) is 138 cm³/mol. The zero-order valence-electron chi connectivity index (χ0n) is 19.0. The molecule has 3 aromatic rings. The van der Waals surface area contributed by atoms with E-state index in [0.29, 0.717) is 19.0 Å². The Balaban J connectivity index is 1.44. The summed E-state index contributed by atoms with van der Waals surface area (Å²) in [4.78, 5) is 15.2. The highest BCUT2D eigenvalue weighted by atomic mass is 79.9. The molecule has 0 unspecified atom stereocenters. The number of hydrogen-bond acceptors (Lipinski definition) is 3. The summed E-state index contributed by atoms with van der Waals surface area (Å²) >= 11 is 3.41. The second kappa shape index (κ2) is 11.3. The number of carbonyl (C=O) groups excluding carboxylic acids is 1. The van der Waals surface area contributed by atoms with Gasteiger partial charge in [0.1, 0.15) is 0 Å². The van der Waals surface area contributed by atoms with Crippen LogP contribution < -0.4 is 0 Å². The van der Waals surface area contributed by atoms with E-state index in [1.54, 1.807) is 30.3 Å². The fourth-order valence-corrected chi connectivity index (χ4v) is 6.01. The smallest absolute Gasteiger partial charge is 0.243 e. The number of halogens is 1. The first kappa shape index (κ1) is 24.6. The van der Waals surface area contributed by atoms with Crippen LogP contribution in [0, 0.1) is 5.92 Å². The van der Waals surface area contributed by atoms with Gasteiger partial charge in [0.05, 0.1) is 11.4 Å². The van der Waals surface area contributed by atoms with Crippen molar-refractivity contribution in [3.05, 3.63) is 101 Å². The molecule has 1 heterocycles. The minimum absolute atomic E-state index is 0.140. The van der Waals surface area contributed by atoms with Gasteiger partial charge in [-0.1, -0.05) is 76.6 Å². The number of benzene rings is 3. The Bertz CT molecular complexity index is 1180. The number of likely N-dealkylation sites (tertiary alicyclic amines) is 1. The van der Waals surface area contributed by atoms with Gasteiger partial charge >= 0.3 is 0 Å². The van der Waals surface area contributed by atoms with E-state index in [-0.39, 0.29) is 23.9 Å². The van der Waals surface area contributed by atoms with E-state index in [4.69, 9.17) is 0 Å². The molecule has 1 amide bonds. The SMILES string of the molecule is O=C(CN(Cc1ccc(Br)cc1)S(=O)(=O)c1ccccc1)N1CCC(Cc2ccccc2)CC1. The molecule has 1 aliphatic heterocycles. The molecule has 0 radical (unpaired) electrons. The van der Waals surface area contributed by atoms with Crippen molar-refractivity contribution in [2.45, 2.75) is 30.7 Å². The van der Waals surface area contributed by atoms with Crippen LogP contribution in [-0.2, 0) is 27.8 Å². The van der Waals surface area contributed by atoms with Crippen molar-refractivity contribution < 1.29 is 13.2 Å². The van der Waals surface area contributed by atoms with Gasteiger partial charge in [0, 0.05) is 24.1 Å². The zero-order chi connectivity index (χ0) is 24.0. The van der Waals surface area contributed by atoms with Crippen molar-refractivity contribution >= 4 is 31.9 Å². The van der Waals surface area contributed by atoms with Crippen molar-refractivity contribution in [1.82, 2.24) is 9.21 Å². The molecule has 0 aliphatic carbocycles. The van der Waals surface area contributed by atoms with Gasteiger partial charge in [0.25, 0.3) is 0 Å². The molecule has 0 atom stereocenters. The highest BCUT2D eigenvalue weighted by molar-refractivity contribution is 9.10. The maximum atomic E-state index is 13.4. The maximum absolute atomic E-state index is 13.4. The van der Waals surface area contributed by atoms with E-state index in [2.05, 4.69) is 40.2 Å². The fourth-order valence-electron chi connectivity index (χ4n) is 4.35. The molecule has 1 fully saturated rings. The van der Waals surface area contributed by atoms with Gasteiger partial charge in [0.2, 0.25) is 15.9 Å². The average Bonchev–Trinajstić information content (AvgIpc) is 2.86. The molecule has 4 rings (SSSR count). The third kappa shape index (κ3) is 6.34. The fraction of sp³-hybridized carbons (Fsp3) is 0.296. The van der Waals surface area contributed by atoms with Crippen molar-refractivity contribution in [3.63, 3.8) is 0 Å². The normalized spacial score (nSPS) is 14.9. The first-order valence-corrected chi connectivity index (χ1v) is 13.8. The Morgan fingerprint density at radius 2 is 1.44 bits per heavy atom. The summed E-state index contributed by atoms with van der Waals surface area (Å²) < 4.78 is 29.1. The van der Waals surface area contributed by atoms with Gasteiger partial charge in [-0.25, -0.2) is 8.42 Å². The van der Waals surface area contributed by atoms with Crippen molar-refractivity contribution in [2.75, 3.05) is 19.6 Å². The van der Waals surface area contributed by atoms with Crippen LogP contribution in [0.2, 0.25) is 0 Å². The van der Waals surface area contributed by atoms with Crippen LogP contribution in [0.4, 0.5) is 0 Å². The van der Waals surface area contributed by atoms with Crippen LogP contribution in [0.25, 0.3) is 0 Å². The molecule has 178 valence electrons. The summed E-state index contributed by atoms with van der Waals surface area (Å²) in [6.07, 6.45) is 2.87. The van der Waals surface area contributed by atoms with Crippen LogP contribution in [0.3, 0.4) is 0 Å². The van der Waals surface area contributed by atoms with E-state index in [9.17, 15) is 13.2 Å². The lowest BCUT2D eigenvalue weighted by atomic mass is 9.90. The number of piperidine rings is 1. The average molecular weight is 542 g/mol. The number of carbonyl (C=O) groups is 1. The Morgan fingerprint density at radius 3 is 2.06 bits per heavy atom. The van der Waals surface area contributed by atoms with E-state index < -0.39 is 10.0 Å². The Kier molecular flexibility index (Phi) is 8.19. The van der Waals surface area contributed by atoms with Crippen LogP contribution in [-0.4, -0.2) is 43.2 Å². The molecule has 1 aliphatic rings. The number of nitrogens with zero attached hydrogens (tertiary/aromatic N) is 2. The van der Waals surface area contributed by atoms with Crippen LogP contribution >= 0.6 is 15.9 Å². The van der Waals surface area contributed by atoms with Gasteiger partial charge in [0.15, 0.2) is 0 Å². The standard InChI is InChI=1S/C27H29BrN2O3S/c28-25-13-11-24(12-14-25)20-30(34(32,33)26-9-5-2-6-10-26)21-27(31)29-17-15-23(16-18-29)19-22-7-3-1-4-8-22/h1-14,23H,15-21H2. The third-order valence-electron chi connectivity index (χ3n) is 6.30. The summed E-state index contributed by atoms with van der Waals surface area (Å²) in [7, 11) is -3.82. The summed E-state index contributed by atoms with van der Waals surface area (Å²) in [6, 6.07) is 26.2. The van der Waals surface area contributed by atoms with Gasteiger partial charge in [-0.15, -0.1) is 0 Å². The first-order valence-electron chi connectivity index (χ1n) is 11.5. The Labute approximate surface area is 210 Å². The molecule has 34 heavy (non-hydrogen) atoms. The Morgan fingerprint density at radius 1 is 0.853 bits per heavy atom. The summed E-state index contributed by atoms with van der Waals surface area (Å²) in [5.74, 6) is 0.396. The molecule has 3 aromatic carbocycles. The second-order valence-corrected chi connectivity index (χ2v) is 11.6. The van der Waals surface area contributed by atoms with E-state index in [1.165, 1.54) is 9.87 Å². The van der Waals surface area contributed by atoms with Crippen molar-refractivity contribution in [3.8, 4) is 0 Å². The molecule has 0 N–H and O–H groups in total. The quantitative estimate of drug-likeness (QED) is 0.398. The van der Waals surface area contributed by atoms with Gasteiger partial charge in [-0.05, 0) is 60.6 Å². The van der Waals surface area contributed by atoms with Gasteiger partial charge < -0.3 is 4.90 Å². The van der Waals surface area contributed by atoms with E-state index >= 15 is 0 Å². The molecule has 0 bridgehead atoms. The number of rotatable bonds is 8.